The molecule has 1 fully saturated rings. The number of rotatable bonds is 4. The topological polar surface area (TPSA) is 41.8 Å². The molecule has 34 heavy (non-hydrogen) atoms. The van der Waals surface area contributed by atoms with Crippen molar-refractivity contribution in [1.29, 1.82) is 0 Å². The molecule has 0 unspecified atom stereocenters. The van der Waals surface area contributed by atoms with Crippen molar-refractivity contribution < 1.29 is 4.74 Å². The van der Waals surface area contributed by atoms with Crippen LogP contribution in [0.5, 0.6) is 5.75 Å². The first-order chi connectivity index (χ1) is 16.6. The van der Waals surface area contributed by atoms with E-state index in [4.69, 9.17) is 16.3 Å². The molecular weight excluding hydrogens is 420 g/mol. The summed E-state index contributed by atoms with van der Waals surface area (Å²) in [6.07, 6.45) is 1.90. The van der Waals surface area contributed by atoms with Gasteiger partial charge in [-0.25, -0.2) is 4.85 Å². The van der Waals surface area contributed by atoms with E-state index in [0.29, 0.717) is 17.8 Å². The molecule has 0 spiro atoms. The van der Waals surface area contributed by atoms with Crippen LogP contribution in [-0.4, -0.2) is 37.3 Å². The van der Waals surface area contributed by atoms with E-state index in [-0.39, 0.29) is 0 Å². The number of hydrogen-bond donors (Lipinski definition) is 1. The van der Waals surface area contributed by atoms with Gasteiger partial charge in [0.15, 0.2) is 5.69 Å². The first-order valence-corrected chi connectivity index (χ1v) is 11.6. The van der Waals surface area contributed by atoms with Crippen LogP contribution >= 0.6 is 0 Å². The SMILES string of the molecule is [C-]#[N+]c1ccc(-c2cccc3c(OC)c(-c4ccc(N5C[C@@H](C)N[C@@H](C)C5)cc4)cnc23)cc1. The van der Waals surface area contributed by atoms with Crippen molar-refractivity contribution in [1.82, 2.24) is 10.3 Å². The molecule has 1 aromatic heterocycles. The van der Waals surface area contributed by atoms with E-state index in [1.807, 2.05) is 36.5 Å². The second-order valence-electron chi connectivity index (χ2n) is 8.99. The molecule has 0 saturated carbocycles. The zero-order chi connectivity index (χ0) is 23.7. The quantitative estimate of drug-likeness (QED) is 0.371. The summed E-state index contributed by atoms with van der Waals surface area (Å²) in [6.45, 7) is 13.7. The zero-order valence-corrected chi connectivity index (χ0v) is 19.7. The van der Waals surface area contributed by atoms with Crippen LogP contribution in [0.15, 0.2) is 72.9 Å². The van der Waals surface area contributed by atoms with Crippen LogP contribution in [0.1, 0.15) is 13.8 Å². The van der Waals surface area contributed by atoms with Crippen molar-refractivity contribution in [2.75, 3.05) is 25.1 Å². The van der Waals surface area contributed by atoms with E-state index >= 15 is 0 Å². The van der Waals surface area contributed by atoms with Crippen molar-refractivity contribution in [2.45, 2.75) is 25.9 Å². The lowest BCUT2D eigenvalue weighted by atomic mass is 9.98. The van der Waals surface area contributed by atoms with Crippen LogP contribution < -0.4 is 15.0 Å². The maximum absolute atomic E-state index is 7.19. The Morgan fingerprint density at radius 1 is 0.912 bits per heavy atom. The fourth-order valence-electron chi connectivity index (χ4n) is 4.96. The Hall–Kier alpha value is -3.88. The molecule has 0 bridgehead atoms. The fraction of sp³-hybridized carbons (Fsp3) is 0.241. The first-order valence-electron chi connectivity index (χ1n) is 11.6. The highest BCUT2D eigenvalue weighted by Gasteiger charge is 2.21. The Labute approximate surface area is 200 Å². The van der Waals surface area contributed by atoms with Crippen LogP contribution in [0.4, 0.5) is 11.4 Å². The number of fused-ring (bicyclic) bond motifs is 1. The third kappa shape index (κ3) is 4.09. The molecule has 5 rings (SSSR count). The minimum absolute atomic E-state index is 0.472. The molecule has 1 N–H and O–H groups in total. The van der Waals surface area contributed by atoms with E-state index < -0.39 is 0 Å². The maximum atomic E-state index is 7.19. The number of anilines is 1. The lowest BCUT2D eigenvalue weighted by molar-refractivity contribution is 0.407. The van der Waals surface area contributed by atoms with Crippen molar-refractivity contribution in [3.8, 4) is 28.0 Å². The predicted octanol–water partition coefficient (Wildman–Crippen LogP) is 6.31. The average Bonchev–Trinajstić information content (AvgIpc) is 2.87. The summed E-state index contributed by atoms with van der Waals surface area (Å²) >= 11 is 0. The van der Waals surface area contributed by atoms with Gasteiger partial charge in [-0.1, -0.05) is 48.5 Å². The van der Waals surface area contributed by atoms with Crippen molar-refractivity contribution in [2.24, 2.45) is 0 Å². The van der Waals surface area contributed by atoms with Crippen molar-refractivity contribution in [3.63, 3.8) is 0 Å². The van der Waals surface area contributed by atoms with Gasteiger partial charge in [0, 0.05) is 53.6 Å². The molecule has 0 aliphatic carbocycles. The molecule has 2 atom stereocenters. The Morgan fingerprint density at radius 3 is 2.21 bits per heavy atom. The summed E-state index contributed by atoms with van der Waals surface area (Å²) in [4.78, 5) is 10.8. The molecule has 1 aliphatic heterocycles. The van der Waals surface area contributed by atoms with E-state index in [2.05, 4.69) is 65.3 Å². The van der Waals surface area contributed by atoms with Crippen molar-refractivity contribution >= 4 is 22.3 Å². The van der Waals surface area contributed by atoms with Crippen molar-refractivity contribution in [3.05, 3.63) is 84.3 Å². The number of ether oxygens (including phenoxy) is 1. The van der Waals surface area contributed by atoms with Crippen LogP contribution in [0.3, 0.4) is 0 Å². The number of pyridine rings is 1. The summed E-state index contributed by atoms with van der Waals surface area (Å²) in [5.74, 6) is 0.821. The summed E-state index contributed by atoms with van der Waals surface area (Å²) in [6, 6.07) is 23.4. The lowest BCUT2D eigenvalue weighted by Crippen LogP contribution is -2.54. The highest BCUT2D eigenvalue weighted by Crippen LogP contribution is 2.39. The number of benzene rings is 3. The number of methoxy groups -OCH3 is 1. The van der Waals surface area contributed by atoms with E-state index in [0.717, 1.165) is 52.0 Å². The third-order valence-electron chi connectivity index (χ3n) is 6.46. The normalized spacial score (nSPS) is 18.0. The first kappa shape index (κ1) is 21.9. The van der Waals surface area contributed by atoms with E-state index in [1.54, 1.807) is 7.11 Å². The van der Waals surface area contributed by atoms with Gasteiger partial charge in [-0.3, -0.25) is 4.98 Å². The summed E-state index contributed by atoms with van der Waals surface area (Å²) in [5.41, 5.74) is 6.87. The zero-order valence-electron chi connectivity index (χ0n) is 19.7. The molecule has 170 valence electrons. The molecule has 3 aromatic carbocycles. The summed E-state index contributed by atoms with van der Waals surface area (Å²) < 4.78 is 5.92. The Balaban J connectivity index is 1.52. The monoisotopic (exact) mass is 448 g/mol. The number of nitrogens with zero attached hydrogens (tertiary/aromatic N) is 3. The minimum Gasteiger partial charge on any atom is -0.495 e. The van der Waals surface area contributed by atoms with Crippen LogP contribution in [0.2, 0.25) is 0 Å². The molecule has 1 aliphatic rings. The summed E-state index contributed by atoms with van der Waals surface area (Å²) in [7, 11) is 1.72. The molecule has 0 amide bonds. The number of hydrogen-bond acceptors (Lipinski definition) is 4. The van der Waals surface area contributed by atoms with Crippen LogP contribution in [-0.2, 0) is 0 Å². The summed E-state index contributed by atoms with van der Waals surface area (Å²) in [5, 5.41) is 4.56. The largest absolute Gasteiger partial charge is 0.495 e. The molecule has 2 heterocycles. The van der Waals surface area contributed by atoms with Gasteiger partial charge in [0.05, 0.1) is 19.2 Å². The molecule has 0 radical (unpaired) electrons. The molecule has 4 aromatic rings. The fourth-order valence-corrected chi connectivity index (χ4v) is 4.96. The van der Waals surface area contributed by atoms with Gasteiger partial charge in [0.2, 0.25) is 0 Å². The van der Waals surface area contributed by atoms with Gasteiger partial charge >= 0.3 is 0 Å². The predicted molar refractivity (Wildman–Crippen MR) is 140 cm³/mol. The average molecular weight is 449 g/mol. The highest BCUT2D eigenvalue weighted by atomic mass is 16.5. The second kappa shape index (κ2) is 9.17. The molecule has 1 saturated heterocycles. The third-order valence-corrected chi connectivity index (χ3v) is 6.46. The van der Waals surface area contributed by atoms with Crippen LogP contribution in [0, 0.1) is 6.57 Å². The molecule has 5 heteroatoms. The highest BCUT2D eigenvalue weighted by molar-refractivity contribution is 6.00. The van der Waals surface area contributed by atoms with E-state index in [1.165, 1.54) is 5.69 Å². The smallest absolute Gasteiger partial charge is 0.187 e. The van der Waals surface area contributed by atoms with Gasteiger partial charge in [-0.15, -0.1) is 0 Å². The Morgan fingerprint density at radius 2 is 1.56 bits per heavy atom. The number of nitrogens with one attached hydrogen (secondary N) is 1. The standard InChI is InChI=1S/C29H28N4O/c1-19-17-33(18-20(2)32-19)24-14-10-22(11-15-24)27-16-31-28-25(6-5-7-26(28)29(27)34-4)21-8-12-23(30-3)13-9-21/h5-16,19-20,32H,17-18H2,1-2,4H3/t19-,20+. The Bertz CT molecular complexity index is 1350. The van der Waals surface area contributed by atoms with E-state index in [9.17, 15) is 0 Å². The number of para-hydroxylation sites is 1. The number of aromatic nitrogens is 1. The van der Waals surface area contributed by atoms with Gasteiger partial charge in [-0.2, -0.15) is 0 Å². The maximum Gasteiger partial charge on any atom is 0.187 e. The van der Waals surface area contributed by atoms with Gasteiger partial charge < -0.3 is 15.0 Å². The minimum atomic E-state index is 0.472. The van der Waals surface area contributed by atoms with Gasteiger partial charge in [0.1, 0.15) is 5.75 Å². The Kier molecular flexibility index (Phi) is 5.91. The number of piperazine rings is 1. The van der Waals surface area contributed by atoms with Gasteiger partial charge in [0.25, 0.3) is 0 Å². The van der Waals surface area contributed by atoms with Gasteiger partial charge in [-0.05, 0) is 43.2 Å². The molecule has 5 nitrogen and oxygen atoms in total. The molecular formula is C29H28N4O. The lowest BCUT2D eigenvalue weighted by Gasteiger charge is -2.37. The van der Waals surface area contributed by atoms with Crippen LogP contribution in [0.25, 0.3) is 38.0 Å². The second-order valence-corrected chi connectivity index (χ2v) is 8.99.